The summed E-state index contributed by atoms with van der Waals surface area (Å²) in [5, 5.41) is 3.18. The van der Waals surface area contributed by atoms with Gasteiger partial charge in [0.2, 0.25) is 10.0 Å². The minimum absolute atomic E-state index is 0.0856. The Hall–Kier alpha value is -2.09. The highest BCUT2D eigenvalue weighted by molar-refractivity contribution is 7.89. The van der Waals surface area contributed by atoms with Crippen molar-refractivity contribution in [3.8, 4) is 5.75 Å². The van der Waals surface area contributed by atoms with Gasteiger partial charge in [0.1, 0.15) is 5.75 Å². The van der Waals surface area contributed by atoms with Crippen molar-refractivity contribution in [1.82, 2.24) is 10.0 Å². The highest BCUT2D eigenvalue weighted by Gasteiger charge is 2.16. The van der Waals surface area contributed by atoms with Crippen LogP contribution >= 0.6 is 11.6 Å². The Morgan fingerprint density at radius 3 is 2.42 bits per heavy atom. The second-order valence-electron chi connectivity index (χ2n) is 5.76. The quantitative estimate of drug-likeness (QED) is 0.671. The van der Waals surface area contributed by atoms with Crippen LogP contribution < -0.4 is 14.8 Å². The van der Waals surface area contributed by atoms with Crippen molar-refractivity contribution in [2.75, 3.05) is 19.7 Å². The third-order valence-electron chi connectivity index (χ3n) is 3.54. The van der Waals surface area contributed by atoms with E-state index in [4.69, 9.17) is 16.3 Å². The van der Waals surface area contributed by atoms with Gasteiger partial charge < -0.3 is 10.1 Å². The molecule has 0 bridgehead atoms. The minimum atomic E-state index is -3.61. The molecule has 0 heterocycles. The molecule has 0 atom stereocenters. The largest absolute Gasteiger partial charge is 0.484 e. The summed E-state index contributed by atoms with van der Waals surface area (Å²) in [6.07, 6.45) is 0. The number of halogens is 1. The molecule has 0 aromatic heterocycles. The summed E-state index contributed by atoms with van der Waals surface area (Å²) in [6.45, 7) is 3.73. The van der Waals surface area contributed by atoms with Crippen LogP contribution in [0.2, 0.25) is 5.02 Å². The summed E-state index contributed by atoms with van der Waals surface area (Å²) < 4.78 is 32.4. The van der Waals surface area contributed by atoms with Crippen molar-refractivity contribution in [3.63, 3.8) is 0 Å². The second kappa shape index (κ2) is 9.02. The third kappa shape index (κ3) is 6.01. The van der Waals surface area contributed by atoms with Gasteiger partial charge in [-0.25, -0.2) is 13.1 Å². The molecule has 0 aliphatic rings. The van der Waals surface area contributed by atoms with E-state index in [1.54, 1.807) is 43.3 Å². The molecule has 140 valence electrons. The molecular formula is C18H21ClN2O4S. The van der Waals surface area contributed by atoms with Gasteiger partial charge in [0.25, 0.3) is 5.91 Å². The third-order valence-corrected chi connectivity index (χ3v) is 5.42. The summed E-state index contributed by atoms with van der Waals surface area (Å²) in [5.74, 6) is 0.186. The molecule has 0 fully saturated rings. The van der Waals surface area contributed by atoms with Crippen LogP contribution in [0.5, 0.6) is 5.75 Å². The molecule has 0 unspecified atom stereocenters. The second-order valence-corrected chi connectivity index (χ2v) is 7.93. The molecule has 0 saturated heterocycles. The van der Waals surface area contributed by atoms with Crippen LogP contribution in [0.15, 0.2) is 47.4 Å². The van der Waals surface area contributed by atoms with Crippen LogP contribution in [0, 0.1) is 13.8 Å². The molecule has 2 rings (SSSR count). The summed E-state index contributed by atoms with van der Waals surface area (Å²) in [6, 6.07) is 11.8. The zero-order valence-electron chi connectivity index (χ0n) is 14.6. The Morgan fingerprint density at radius 1 is 1.08 bits per heavy atom. The van der Waals surface area contributed by atoms with Gasteiger partial charge in [-0.1, -0.05) is 29.3 Å². The van der Waals surface area contributed by atoms with Crippen LogP contribution in [-0.2, 0) is 14.8 Å². The van der Waals surface area contributed by atoms with Gasteiger partial charge in [0.15, 0.2) is 6.61 Å². The lowest BCUT2D eigenvalue weighted by Crippen LogP contribution is -2.36. The monoisotopic (exact) mass is 396 g/mol. The fourth-order valence-electron chi connectivity index (χ4n) is 2.30. The van der Waals surface area contributed by atoms with E-state index in [-0.39, 0.29) is 30.5 Å². The molecular weight excluding hydrogens is 376 g/mol. The van der Waals surface area contributed by atoms with E-state index in [1.807, 2.05) is 13.0 Å². The van der Waals surface area contributed by atoms with Gasteiger partial charge in [-0.3, -0.25) is 4.79 Å². The molecule has 0 aliphatic carbocycles. The summed E-state index contributed by atoms with van der Waals surface area (Å²) >= 11 is 5.77. The van der Waals surface area contributed by atoms with Gasteiger partial charge >= 0.3 is 0 Å². The molecule has 0 aliphatic heterocycles. The van der Waals surface area contributed by atoms with E-state index in [2.05, 4.69) is 10.0 Å². The maximum absolute atomic E-state index is 12.3. The number of sulfonamides is 1. The van der Waals surface area contributed by atoms with Crippen molar-refractivity contribution in [3.05, 3.63) is 58.6 Å². The van der Waals surface area contributed by atoms with E-state index in [9.17, 15) is 13.2 Å². The number of rotatable bonds is 8. The molecule has 0 radical (unpaired) electrons. The number of carbonyl (C=O) groups excluding carboxylic acids is 1. The molecule has 6 nitrogen and oxygen atoms in total. The first-order chi connectivity index (χ1) is 12.3. The van der Waals surface area contributed by atoms with Crippen LogP contribution in [0.25, 0.3) is 0 Å². The molecule has 2 aromatic carbocycles. The lowest BCUT2D eigenvalue weighted by Gasteiger charge is -2.11. The number of benzene rings is 2. The topological polar surface area (TPSA) is 84.5 Å². The first kappa shape index (κ1) is 20.2. The van der Waals surface area contributed by atoms with Gasteiger partial charge in [-0.15, -0.1) is 0 Å². The maximum atomic E-state index is 12.3. The molecule has 0 spiro atoms. The number of aryl methyl sites for hydroxylation is 2. The molecule has 2 N–H and O–H groups in total. The zero-order chi connectivity index (χ0) is 19.2. The van der Waals surface area contributed by atoms with E-state index >= 15 is 0 Å². The lowest BCUT2D eigenvalue weighted by atomic mass is 10.2. The number of hydrogen-bond donors (Lipinski definition) is 2. The fraction of sp³-hybridized carbons (Fsp3) is 0.278. The Kier molecular flexibility index (Phi) is 7.02. The van der Waals surface area contributed by atoms with Crippen LogP contribution in [0.1, 0.15) is 11.1 Å². The van der Waals surface area contributed by atoms with Crippen LogP contribution in [-0.4, -0.2) is 34.0 Å². The van der Waals surface area contributed by atoms with Crippen LogP contribution in [0.3, 0.4) is 0 Å². The fourth-order valence-corrected chi connectivity index (χ4v) is 3.68. The standard InChI is InChI=1S/C18H21ClN2O4S/c1-13-3-8-17(14(2)11-13)26(23,24)21-10-9-20-18(22)12-25-16-6-4-15(19)5-7-16/h3-8,11,21H,9-10,12H2,1-2H3,(H,20,22). The Balaban J connectivity index is 1.75. The van der Waals surface area contributed by atoms with Crippen molar-refractivity contribution in [2.24, 2.45) is 0 Å². The normalized spacial score (nSPS) is 11.2. The average molecular weight is 397 g/mol. The average Bonchev–Trinajstić information content (AvgIpc) is 2.58. The highest BCUT2D eigenvalue weighted by atomic mass is 35.5. The summed E-state index contributed by atoms with van der Waals surface area (Å²) in [5.41, 5.74) is 1.67. The first-order valence-corrected chi connectivity index (χ1v) is 9.86. The number of ether oxygens (including phenoxy) is 1. The van der Waals surface area contributed by atoms with Gasteiger partial charge in [-0.05, 0) is 49.7 Å². The number of hydrogen-bond acceptors (Lipinski definition) is 4. The smallest absolute Gasteiger partial charge is 0.257 e. The van der Waals surface area contributed by atoms with Gasteiger partial charge in [0, 0.05) is 18.1 Å². The van der Waals surface area contributed by atoms with E-state index in [0.717, 1.165) is 5.56 Å². The van der Waals surface area contributed by atoms with Gasteiger partial charge in [-0.2, -0.15) is 0 Å². The van der Waals surface area contributed by atoms with Crippen LogP contribution in [0.4, 0.5) is 0 Å². The molecule has 26 heavy (non-hydrogen) atoms. The Labute approximate surface area is 158 Å². The SMILES string of the molecule is Cc1ccc(S(=O)(=O)NCCNC(=O)COc2ccc(Cl)cc2)c(C)c1. The van der Waals surface area contributed by atoms with Gasteiger partial charge in [0.05, 0.1) is 4.90 Å². The van der Waals surface area contributed by atoms with Crippen molar-refractivity contribution in [1.29, 1.82) is 0 Å². The van der Waals surface area contributed by atoms with E-state index < -0.39 is 10.0 Å². The molecule has 8 heteroatoms. The number of carbonyl (C=O) groups is 1. The predicted octanol–water partition coefficient (Wildman–Crippen LogP) is 2.43. The number of nitrogens with one attached hydrogen (secondary N) is 2. The lowest BCUT2D eigenvalue weighted by molar-refractivity contribution is -0.123. The minimum Gasteiger partial charge on any atom is -0.484 e. The molecule has 1 amide bonds. The molecule has 2 aromatic rings. The zero-order valence-corrected chi connectivity index (χ0v) is 16.2. The van der Waals surface area contributed by atoms with E-state index in [1.165, 1.54) is 0 Å². The number of amides is 1. The molecule has 0 saturated carbocycles. The predicted molar refractivity (Wildman–Crippen MR) is 101 cm³/mol. The first-order valence-electron chi connectivity index (χ1n) is 8.00. The van der Waals surface area contributed by atoms with Crippen molar-refractivity contribution in [2.45, 2.75) is 18.7 Å². The Bertz CT molecular complexity index is 867. The maximum Gasteiger partial charge on any atom is 0.257 e. The summed E-state index contributed by atoms with van der Waals surface area (Å²) in [4.78, 5) is 12.0. The summed E-state index contributed by atoms with van der Waals surface area (Å²) in [7, 11) is -3.61. The Morgan fingerprint density at radius 2 is 1.77 bits per heavy atom. The van der Waals surface area contributed by atoms with Crippen molar-refractivity contribution >= 4 is 27.5 Å². The van der Waals surface area contributed by atoms with E-state index in [0.29, 0.717) is 16.3 Å². The highest BCUT2D eigenvalue weighted by Crippen LogP contribution is 2.16. The van der Waals surface area contributed by atoms with Crippen molar-refractivity contribution < 1.29 is 17.9 Å².